The number of aryl methyl sites for hydroxylation is 2. The minimum Gasteiger partial charge on any atom is -0.376 e. The second-order valence-electron chi connectivity index (χ2n) is 5.94. The van der Waals surface area contributed by atoms with Crippen LogP contribution in [0.4, 0.5) is 17.1 Å². The standard InChI is InChI=1S/C20H27N3O/c1-5-23(6-2)18-11-12-19(16(4)13-18)21-14-20(24)22-17-9-7-15(3)8-10-17/h7-13,21H,5-6,14H2,1-4H3,(H,22,24). The van der Waals surface area contributed by atoms with E-state index in [9.17, 15) is 4.79 Å². The molecule has 0 aromatic heterocycles. The highest BCUT2D eigenvalue weighted by Gasteiger charge is 2.07. The van der Waals surface area contributed by atoms with Gasteiger partial charge in [-0.25, -0.2) is 0 Å². The molecule has 2 aromatic rings. The highest BCUT2D eigenvalue weighted by Crippen LogP contribution is 2.22. The summed E-state index contributed by atoms with van der Waals surface area (Å²) in [7, 11) is 0. The third kappa shape index (κ3) is 4.75. The summed E-state index contributed by atoms with van der Waals surface area (Å²) in [6.45, 7) is 10.6. The van der Waals surface area contributed by atoms with E-state index in [0.717, 1.165) is 30.0 Å². The third-order valence-corrected chi connectivity index (χ3v) is 4.11. The molecular weight excluding hydrogens is 298 g/mol. The number of carbonyl (C=O) groups is 1. The number of hydrogen-bond donors (Lipinski definition) is 2. The predicted molar refractivity (Wildman–Crippen MR) is 103 cm³/mol. The van der Waals surface area contributed by atoms with Gasteiger partial charge in [0.15, 0.2) is 0 Å². The molecule has 0 saturated heterocycles. The number of rotatable bonds is 7. The van der Waals surface area contributed by atoms with Crippen molar-refractivity contribution >= 4 is 23.0 Å². The lowest BCUT2D eigenvalue weighted by atomic mass is 10.1. The van der Waals surface area contributed by atoms with Crippen LogP contribution in [0.2, 0.25) is 0 Å². The molecule has 2 rings (SSSR count). The minimum absolute atomic E-state index is 0.0499. The van der Waals surface area contributed by atoms with Crippen molar-refractivity contribution in [2.24, 2.45) is 0 Å². The average molecular weight is 325 g/mol. The summed E-state index contributed by atoms with van der Waals surface area (Å²) in [5.74, 6) is -0.0499. The van der Waals surface area contributed by atoms with E-state index in [1.54, 1.807) is 0 Å². The van der Waals surface area contributed by atoms with Crippen molar-refractivity contribution in [2.45, 2.75) is 27.7 Å². The van der Waals surface area contributed by atoms with Crippen molar-refractivity contribution in [1.29, 1.82) is 0 Å². The van der Waals surface area contributed by atoms with Crippen molar-refractivity contribution in [3.63, 3.8) is 0 Å². The fraction of sp³-hybridized carbons (Fsp3) is 0.350. The van der Waals surface area contributed by atoms with E-state index in [1.807, 2.05) is 37.3 Å². The van der Waals surface area contributed by atoms with Crippen molar-refractivity contribution in [3.8, 4) is 0 Å². The lowest BCUT2D eigenvalue weighted by Gasteiger charge is -2.22. The Morgan fingerprint density at radius 3 is 2.25 bits per heavy atom. The first-order valence-corrected chi connectivity index (χ1v) is 8.49. The molecular formula is C20H27N3O. The van der Waals surface area contributed by atoms with E-state index >= 15 is 0 Å². The molecule has 24 heavy (non-hydrogen) atoms. The largest absolute Gasteiger partial charge is 0.376 e. The van der Waals surface area contributed by atoms with E-state index in [1.165, 1.54) is 11.3 Å². The van der Waals surface area contributed by atoms with Gasteiger partial charge in [0.2, 0.25) is 5.91 Å². The van der Waals surface area contributed by atoms with Crippen molar-refractivity contribution in [1.82, 2.24) is 0 Å². The van der Waals surface area contributed by atoms with Gasteiger partial charge in [-0.3, -0.25) is 4.79 Å². The fourth-order valence-electron chi connectivity index (χ4n) is 2.65. The number of nitrogens with one attached hydrogen (secondary N) is 2. The van der Waals surface area contributed by atoms with Gasteiger partial charge >= 0.3 is 0 Å². The maximum absolute atomic E-state index is 12.1. The first kappa shape index (κ1) is 17.9. The first-order chi connectivity index (χ1) is 11.5. The molecule has 0 saturated carbocycles. The Morgan fingerprint density at radius 1 is 1.00 bits per heavy atom. The molecule has 0 atom stereocenters. The molecule has 0 heterocycles. The Kier molecular flexibility index (Phi) is 6.24. The Labute approximate surface area is 144 Å². The van der Waals surface area contributed by atoms with E-state index < -0.39 is 0 Å². The van der Waals surface area contributed by atoms with E-state index in [4.69, 9.17) is 0 Å². The molecule has 2 N–H and O–H groups in total. The predicted octanol–water partition coefficient (Wildman–Crippen LogP) is 4.20. The van der Waals surface area contributed by atoms with Crippen LogP contribution in [0.1, 0.15) is 25.0 Å². The Morgan fingerprint density at radius 2 is 1.67 bits per heavy atom. The van der Waals surface area contributed by atoms with Gasteiger partial charge in [0.25, 0.3) is 0 Å². The molecule has 0 spiro atoms. The smallest absolute Gasteiger partial charge is 0.243 e. The van der Waals surface area contributed by atoms with Crippen LogP contribution >= 0.6 is 0 Å². The Balaban J connectivity index is 1.93. The molecule has 128 valence electrons. The molecule has 4 heteroatoms. The summed E-state index contributed by atoms with van der Waals surface area (Å²) < 4.78 is 0. The number of carbonyl (C=O) groups excluding carboxylic acids is 1. The van der Waals surface area contributed by atoms with Crippen LogP contribution in [0, 0.1) is 13.8 Å². The van der Waals surface area contributed by atoms with Crippen LogP contribution in [0.3, 0.4) is 0 Å². The number of amides is 1. The van der Waals surface area contributed by atoms with Crippen LogP contribution in [0.25, 0.3) is 0 Å². The molecule has 0 bridgehead atoms. The van der Waals surface area contributed by atoms with Gasteiger partial charge in [-0.2, -0.15) is 0 Å². The third-order valence-electron chi connectivity index (χ3n) is 4.11. The number of hydrogen-bond acceptors (Lipinski definition) is 3. The van der Waals surface area contributed by atoms with Gasteiger partial charge in [0.1, 0.15) is 0 Å². The monoisotopic (exact) mass is 325 g/mol. The summed E-state index contributed by atoms with van der Waals surface area (Å²) in [5, 5.41) is 6.11. The number of anilines is 3. The summed E-state index contributed by atoms with van der Waals surface area (Å²) in [6, 6.07) is 14.1. The van der Waals surface area contributed by atoms with Gasteiger partial charge in [0.05, 0.1) is 6.54 Å². The van der Waals surface area contributed by atoms with Crippen molar-refractivity contribution in [2.75, 3.05) is 35.2 Å². The van der Waals surface area contributed by atoms with Crippen LogP contribution < -0.4 is 15.5 Å². The highest BCUT2D eigenvalue weighted by molar-refractivity contribution is 5.93. The average Bonchev–Trinajstić information content (AvgIpc) is 2.57. The van der Waals surface area contributed by atoms with Gasteiger partial charge in [-0.1, -0.05) is 17.7 Å². The first-order valence-electron chi connectivity index (χ1n) is 8.49. The molecule has 0 aliphatic carbocycles. The second-order valence-corrected chi connectivity index (χ2v) is 5.94. The van der Waals surface area contributed by atoms with Crippen LogP contribution in [-0.4, -0.2) is 25.5 Å². The van der Waals surface area contributed by atoms with Crippen LogP contribution in [0.5, 0.6) is 0 Å². The summed E-state index contributed by atoms with van der Waals surface area (Å²) in [5.41, 5.74) is 5.34. The molecule has 1 amide bonds. The summed E-state index contributed by atoms with van der Waals surface area (Å²) in [6.07, 6.45) is 0. The zero-order chi connectivity index (χ0) is 17.5. The van der Waals surface area contributed by atoms with Gasteiger partial charge in [-0.05, 0) is 63.6 Å². The quantitative estimate of drug-likeness (QED) is 0.802. The molecule has 0 radical (unpaired) electrons. The topological polar surface area (TPSA) is 44.4 Å². The molecule has 4 nitrogen and oxygen atoms in total. The van der Waals surface area contributed by atoms with E-state index in [2.05, 4.69) is 48.4 Å². The van der Waals surface area contributed by atoms with E-state index in [-0.39, 0.29) is 12.5 Å². The lowest BCUT2D eigenvalue weighted by Crippen LogP contribution is -2.23. The Bertz CT molecular complexity index is 676. The highest BCUT2D eigenvalue weighted by atomic mass is 16.1. The van der Waals surface area contributed by atoms with Crippen molar-refractivity contribution < 1.29 is 4.79 Å². The Hall–Kier alpha value is -2.49. The van der Waals surface area contributed by atoms with Gasteiger partial charge < -0.3 is 15.5 Å². The van der Waals surface area contributed by atoms with Crippen LogP contribution in [-0.2, 0) is 4.79 Å². The second kappa shape index (κ2) is 8.39. The van der Waals surface area contributed by atoms with Crippen LogP contribution in [0.15, 0.2) is 42.5 Å². The normalized spacial score (nSPS) is 10.3. The number of nitrogens with zero attached hydrogens (tertiary/aromatic N) is 1. The number of benzene rings is 2. The maximum Gasteiger partial charge on any atom is 0.243 e. The molecule has 0 fully saturated rings. The van der Waals surface area contributed by atoms with Gasteiger partial charge in [-0.15, -0.1) is 0 Å². The molecule has 2 aromatic carbocycles. The minimum atomic E-state index is -0.0499. The zero-order valence-electron chi connectivity index (χ0n) is 15.0. The molecule has 0 aliphatic rings. The summed E-state index contributed by atoms with van der Waals surface area (Å²) >= 11 is 0. The molecule has 0 aliphatic heterocycles. The van der Waals surface area contributed by atoms with Crippen molar-refractivity contribution in [3.05, 3.63) is 53.6 Å². The SMILES string of the molecule is CCN(CC)c1ccc(NCC(=O)Nc2ccc(C)cc2)c(C)c1. The fourth-order valence-corrected chi connectivity index (χ4v) is 2.65. The maximum atomic E-state index is 12.1. The summed E-state index contributed by atoms with van der Waals surface area (Å²) in [4.78, 5) is 14.4. The molecule has 0 unspecified atom stereocenters. The van der Waals surface area contributed by atoms with Gasteiger partial charge in [0, 0.05) is 30.2 Å². The lowest BCUT2D eigenvalue weighted by molar-refractivity contribution is -0.114. The zero-order valence-corrected chi connectivity index (χ0v) is 15.0. The van der Waals surface area contributed by atoms with E-state index in [0.29, 0.717) is 0 Å².